The summed E-state index contributed by atoms with van der Waals surface area (Å²) < 4.78 is 0. The van der Waals surface area contributed by atoms with Gasteiger partial charge in [-0.2, -0.15) is 0 Å². The van der Waals surface area contributed by atoms with Crippen molar-refractivity contribution in [2.45, 2.75) is 90.9 Å². The van der Waals surface area contributed by atoms with E-state index in [-0.39, 0.29) is 6.42 Å². The van der Waals surface area contributed by atoms with Gasteiger partial charge < -0.3 is 10.2 Å². The van der Waals surface area contributed by atoms with Gasteiger partial charge >= 0.3 is 11.9 Å². The van der Waals surface area contributed by atoms with Crippen molar-refractivity contribution < 1.29 is 19.8 Å². The molecule has 0 heterocycles. The minimum atomic E-state index is -0.860. The van der Waals surface area contributed by atoms with Gasteiger partial charge in [0.15, 0.2) is 0 Å². The first-order valence-electron chi connectivity index (χ1n) is 9.59. The van der Waals surface area contributed by atoms with Crippen LogP contribution in [0.1, 0.15) is 90.9 Å². The van der Waals surface area contributed by atoms with E-state index in [4.69, 9.17) is 0 Å². The average Bonchev–Trinajstić information content (AvgIpc) is 2.54. The van der Waals surface area contributed by atoms with Crippen LogP contribution in [0.3, 0.4) is 0 Å². The van der Waals surface area contributed by atoms with E-state index in [1.165, 1.54) is 32.1 Å². The zero-order chi connectivity index (χ0) is 18.2. The highest BCUT2D eigenvalue weighted by Crippen LogP contribution is 2.23. The van der Waals surface area contributed by atoms with Crippen LogP contribution in [-0.4, -0.2) is 22.2 Å². The third kappa shape index (κ3) is 12.1. The van der Waals surface area contributed by atoms with Crippen LogP contribution in [0.15, 0.2) is 12.2 Å². The lowest BCUT2D eigenvalue weighted by atomic mass is 9.88. The molecule has 4 heteroatoms. The fraction of sp³-hybridized carbons (Fsp3) is 0.800. The van der Waals surface area contributed by atoms with Gasteiger partial charge in [0.05, 0.1) is 11.8 Å². The summed E-state index contributed by atoms with van der Waals surface area (Å²) in [5.41, 5.74) is 0. The molecule has 2 unspecified atom stereocenters. The molecule has 2 N–H and O–H groups in total. The van der Waals surface area contributed by atoms with Crippen molar-refractivity contribution in [1.29, 1.82) is 0 Å². The minimum Gasteiger partial charge on any atom is -0.481 e. The summed E-state index contributed by atoms with van der Waals surface area (Å²) in [5, 5.41) is 18.5. The van der Waals surface area contributed by atoms with Crippen LogP contribution < -0.4 is 0 Å². The van der Waals surface area contributed by atoms with E-state index in [0.29, 0.717) is 12.8 Å². The summed E-state index contributed by atoms with van der Waals surface area (Å²) in [5.74, 6) is -2.74. The lowest BCUT2D eigenvalue weighted by molar-refractivity contribution is -0.146. The van der Waals surface area contributed by atoms with E-state index in [1.807, 2.05) is 13.8 Å². The normalized spacial score (nSPS) is 13.9. The Bertz CT molecular complexity index is 363. The van der Waals surface area contributed by atoms with Gasteiger partial charge in [0, 0.05) is 0 Å². The second-order valence-electron chi connectivity index (χ2n) is 6.72. The fourth-order valence-corrected chi connectivity index (χ4v) is 3.08. The van der Waals surface area contributed by atoms with Gasteiger partial charge in [-0.15, -0.1) is 0 Å². The van der Waals surface area contributed by atoms with E-state index in [0.717, 1.165) is 25.7 Å². The Kier molecular flexibility index (Phi) is 14.4. The standard InChI is InChI=1S/C20H36O4/c1-3-5-6-7-8-9-10-11-12-13-15-18(20(23)24)16-17(14-4-2)19(21)22/h3,5,17-18H,4,6-16H2,1-2H3,(H,21,22)(H,23,24). The number of rotatable bonds is 16. The molecule has 140 valence electrons. The Morgan fingerprint density at radius 2 is 1.33 bits per heavy atom. The van der Waals surface area contributed by atoms with Crippen molar-refractivity contribution >= 4 is 11.9 Å². The molecule has 2 atom stereocenters. The summed E-state index contributed by atoms with van der Waals surface area (Å²) in [6.07, 6.45) is 15.7. The van der Waals surface area contributed by atoms with Crippen LogP contribution in [-0.2, 0) is 9.59 Å². The molecule has 0 aliphatic carbocycles. The maximum atomic E-state index is 11.4. The molecular formula is C20H36O4. The maximum absolute atomic E-state index is 11.4. The molecule has 0 aliphatic heterocycles. The van der Waals surface area contributed by atoms with Crippen molar-refractivity contribution in [3.05, 3.63) is 12.2 Å². The van der Waals surface area contributed by atoms with Gasteiger partial charge in [0.1, 0.15) is 0 Å². The molecule has 0 aromatic heterocycles. The summed E-state index contributed by atoms with van der Waals surface area (Å²) in [6.45, 7) is 3.98. The quantitative estimate of drug-likeness (QED) is 0.280. The van der Waals surface area contributed by atoms with Crippen LogP contribution in [0.5, 0.6) is 0 Å². The van der Waals surface area contributed by atoms with E-state index in [1.54, 1.807) is 0 Å². The topological polar surface area (TPSA) is 74.6 Å². The Balaban J connectivity index is 3.86. The number of hydrogen-bond acceptors (Lipinski definition) is 2. The largest absolute Gasteiger partial charge is 0.481 e. The fourth-order valence-electron chi connectivity index (χ4n) is 3.08. The molecule has 0 aromatic carbocycles. The number of unbranched alkanes of at least 4 members (excludes halogenated alkanes) is 7. The lowest BCUT2D eigenvalue weighted by Crippen LogP contribution is -2.23. The minimum absolute atomic E-state index is 0.267. The van der Waals surface area contributed by atoms with E-state index >= 15 is 0 Å². The average molecular weight is 341 g/mol. The Morgan fingerprint density at radius 3 is 1.83 bits per heavy atom. The molecule has 0 aromatic rings. The highest BCUT2D eigenvalue weighted by atomic mass is 16.4. The summed E-state index contributed by atoms with van der Waals surface area (Å²) in [7, 11) is 0. The van der Waals surface area contributed by atoms with Crippen LogP contribution in [0, 0.1) is 11.8 Å². The van der Waals surface area contributed by atoms with Crippen LogP contribution >= 0.6 is 0 Å². The maximum Gasteiger partial charge on any atom is 0.306 e. The first-order chi connectivity index (χ1) is 11.5. The molecule has 0 saturated heterocycles. The highest BCUT2D eigenvalue weighted by molar-refractivity contribution is 5.73. The molecule has 4 nitrogen and oxygen atoms in total. The van der Waals surface area contributed by atoms with Gasteiger partial charge in [-0.05, 0) is 39.0 Å². The number of carbonyl (C=O) groups is 2. The Labute approximate surface area is 147 Å². The Morgan fingerprint density at radius 1 is 0.833 bits per heavy atom. The first-order valence-corrected chi connectivity index (χ1v) is 9.59. The molecule has 0 radical (unpaired) electrons. The number of aliphatic carboxylic acids is 2. The molecule has 0 spiro atoms. The van der Waals surface area contributed by atoms with Crippen LogP contribution in [0.2, 0.25) is 0 Å². The molecule has 0 amide bonds. The molecular weight excluding hydrogens is 304 g/mol. The summed E-state index contributed by atoms with van der Waals surface area (Å²) in [4.78, 5) is 22.5. The number of carboxylic acid groups (broad SMARTS) is 2. The zero-order valence-corrected chi connectivity index (χ0v) is 15.5. The molecule has 0 aliphatic rings. The molecule has 0 bridgehead atoms. The van der Waals surface area contributed by atoms with Crippen LogP contribution in [0.4, 0.5) is 0 Å². The second-order valence-corrected chi connectivity index (χ2v) is 6.72. The van der Waals surface area contributed by atoms with Crippen molar-refractivity contribution in [3.8, 4) is 0 Å². The summed E-state index contributed by atoms with van der Waals surface area (Å²) in [6, 6.07) is 0. The summed E-state index contributed by atoms with van der Waals surface area (Å²) >= 11 is 0. The number of allylic oxidation sites excluding steroid dienone is 2. The van der Waals surface area contributed by atoms with Crippen molar-refractivity contribution in [1.82, 2.24) is 0 Å². The van der Waals surface area contributed by atoms with Gasteiger partial charge in [-0.25, -0.2) is 0 Å². The Hall–Kier alpha value is -1.32. The number of hydrogen-bond donors (Lipinski definition) is 2. The predicted molar refractivity (Wildman–Crippen MR) is 98.1 cm³/mol. The SMILES string of the molecule is CC=CCCCCCCCCCC(CC(CCC)C(=O)O)C(=O)O. The zero-order valence-electron chi connectivity index (χ0n) is 15.5. The van der Waals surface area contributed by atoms with Gasteiger partial charge in [0.2, 0.25) is 0 Å². The van der Waals surface area contributed by atoms with Gasteiger partial charge in [0.25, 0.3) is 0 Å². The predicted octanol–water partition coefficient (Wildman–Crippen LogP) is 5.67. The third-order valence-corrected chi connectivity index (χ3v) is 4.56. The molecule has 0 fully saturated rings. The number of carboxylic acids is 2. The molecule has 0 rings (SSSR count). The van der Waals surface area contributed by atoms with Gasteiger partial charge in [-0.1, -0.05) is 64.0 Å². The monoisotopic (exact) mass is 340 g/mol. The van der Waals surface area contributed by atoms with E-state index in [9.17, 15) is 19.8 Å². The van der Waals surface area contributed by atoms with Crippen molar-refractivity contribution in [2.24, 2.45) is 11.8 Å². The molecule has 0 saturated carbocycles. The van der Waals surface area contributed by atoms with E-state index < -0.39 is 23.8 Å². The smallest absolute Gasteiger partial charge is 0.306 e. The van der Waals surface area contributed by atoms with Gasteiger partial charge in [-0.3, -0.25) is 9.59 Å². The molecule has 24 heavy (non-hydrogen) atoms. The lowest BCUT2D eigenvalue weighted by Gasteiger charge is -2.17. The van der Waals surface area contributed by atoms with E-state index in [2.05, 4.69) is 12.2 Å². The first kappa shape index (κ1) is 22.7. The second kappa shape index (κ2) is 15.2. The third-order valence-electron chi connectivity index (χ3n) is 4.56. The van der Waals surface area contributed by atoms with Crippen molar-refractivity contribution in [2.75, 3.05) is 0 Å². The van der Waals surface area contributed by atoms with Crippen molar-refractivity contribution in [3.63, 3.8) is 0 Å². The highest BCUT2D eigenvalue weighted by Gasteiger charge is 2.25. The van der Waals surface area contributed by atoms with Crippen LogP contribution in [0.25, 0.3) is 0 Å².